The lowest BCUT2D eigenvalue weighted by atomic mass is 10.1. The summed E-state index contributed by atoms with van der Waals surface area (Å²) >= 11 is 5.47. The van der Waals surface area contributed by atoms with Gasteiger partial charge in [-0.15, -0.1) is 11.6 Å². The summed E-state index contributed by atoms with van der Waals surface area (Å²) in [5.74, 6) is 0.712. The number of carbonyl (C=O) groups is 1. The Morgan fingerprint density at radius 1 is 1.09 bits per heavy atom. The van der Waals surface area contributed by atoms with Crippen LogP contribution in [0.1, 0.15) is 49.6 Å². The number of phosphoric ester groups is 1. The molecule has 4 rings (SSSR count). The van der Waals surface area contributed by atoms with Gasteiger partial charge in [-0.05, 0) is 61.6 Å². The molecule has 2 heterocycles. The summed E-state index contributed by atoms with van der Waals surface area (Å²) in [5, 5.41) is 14.2. The van der Waals surface area contributed by atoms with E-state index in [1.165, 1.54) is 18.2 Å². The average molecular weight is 634 g/mol. The fourth-order valence-corrected chi connectivity index (χ4v) is 5.32. The molecule has 0 fully saturated rings. The molecule has 0 aliphatic carbocycles. The molecule has 6 N–H and O–H groups in total. The summed E-state index contributed by atoms with van der Waals surface area (Å²) < 4.78 is 23.9. The lowest BCUT2D eigenvalue weighted by Gasteiger charge is -2.14. The van der Waals surface area contributed by atoms with Crippen LogP contribution in [0.4, 0.5) is 5.82 Å². The third-order valence-corrected chi connectivity index (χ3v) is 7.56. The highest BCUT2D eigenvalue weighted by Gasteiger charge is 2.21. The van der Waals surface area contributed by atoms with Gasteiger partial charge in [0.2, 0.25) is 5.91 Å². The number of nitrogens with one attached hydrogen (secondary N) is 1. The number of ether oxygens (including phenoxy) is 1. The zero-order chi connectivity index (χ0) is 31.0. The van der Waals surface area contributed by atoms with Gasteiger partial charge in [-0.2, -0.15) is 0 Å². The van der Waals surface area contributed by atoms with Crippen molar-refractivity contribution in [3.63, 3.8) is 0 Å². The number of phenolic OH excluding ortho intramolecular Hbond substituents is 1. The zero-order valence-corrected chi connectivity index (χ0v) is 25.6. The summed E-state index contributed by atoms with van der Waals surface area (Å²) in [6.07, 6.45) is 4.77. The Bertz CT molecular complexity index is 1620. The summed E-state index contributed by atoms with van der Waals surface area (Å²) in [4.78, 5) is 39.2. The van der Waals surface area contributed by atoms with Crippen LogP contribution in [0.15, 0.2) is 36.4 Å². The number of aromatic nitrogens is 3. The number of benzene rings is 2. The molecule has 14 heteroatoms. The number of rotatable bonds is 16. The fourth-order valence-electron chi connectivity index (χ4n) is 4.84. The van der Waals surface area contributed by atoms with Gasteiger partial charge in [0, 0.05) is 37.1 Å². The number of nitrogen functional groups attached to an aromatic ring is 1. The summed E-state index contributed by atoms with van der Waals surface area (Å²) in [5.41, 5.74) is 9.89. The third-order valence-electron chi connectivity index (χ3n) is 6.87. The van der Waals surface area contributed by atoms with Crippen molar-refractivity contribution in [2.75, 3.05) is 31.4 Å². The Morgan fingerprint density at radius 2 is 1.88 bits per heavy atom. The van der Waals surface area contributed by atoms with Gasteiger partial charge < -0.3 is 30.0 Å². The van der Waals surface area contributed by atoms with Crippen molar-refractivity contribution in [2.45, 2.75) is 52.0 Å². The van der Waals surface area contributed by atoms with Crippen molar-refractivity contribution >= 4 is 53.1 Å². The molecule has 0 saturated heterocycles. The summed E-state index contributed by atoms with van der Waals surface area (Å²) in [6, 6.07) is 10.1. The van der Waals surface area contributed by atoms with Crippen LogP contribution in [0.5, 0.6) is 11.5 Å². The number of fused-ring (bicyclic) bond motifs is 3. The van der Waals surface area contributed by atoms with Gasteiger partial charge in [0.1, 0.15) is 28.7 Å². The normalized spacial score (nSPS) is 11.8. The Labute approximate surface area is 254 Å². The van der Waals surface area contributed by atoms with E-state index in [0.717, 1.165) is 48.0 Å². The first-order valence-electron chi connectivity index (χ1n) is 14.1. The molecule has 0 saturated carbocycles. The number of imidazole rings is 1. The molecule has 12 nitrogen and oxygen atoms in total. The third kappa shape index (κ3) is 8.81. The SMILES string of the molecule is CCCCc1nc2c(N)nc3ccc(CCCOCCCNC(=O)CCl)cc3c2n1Cc1cc(OP(=O)(O)O)ccc1O. The summed E-state index contributed by atoms with van der Waals surface area (Å²) in [6.45, 7) is 3.89. The highest BCUT2D eigenvalue weighted by Crippen LogP contribution is 2.39. The first kappa shape index (κ1) is 32.5. The molecule has 0 spiro atoms. The number of anilines is 1. The molecule has 232 valence electrons. The number of hydrogen-bond donors (Lipinski definition) is 5. The van der Waals surface area contributed by atoms with Crippen molar-refractivity contribution in [1.29, 1.82) is 0 Å². The standard InChI is InChI=1S/C29H37ClN5O7P/c1-2-3-7-25-34-27-28(35(25)18-20-16-21(9-11-24(20)36)42-43(38,39)40)22-15-19(8-10-23(22)33-29(27)31)6-4-13-41-14-5-12-32-26(37)17-30/h8-11,15-16,36H,2-7,12-14,17-18H2,1H3,(H2,31,33)(H,32,37)(H2,38,39,40). The van der Waals surface area contributed by atoms with E-state index >= 15 is 0 Å². The maximum Gasteiger partial charge on any atom is 0.524 e. The number of amides is 1. The Morgan fingerprint density at radius 3 is 2.63 bits per heavy atom. The zero-order valence-electron chi connectivity index (χ0n) is 24.0. The predicted molar refractivity (Wildman–Crippen MR) is 165 cm³/mol. The molecule has 2 aromatic carbocycles. The number of pyridine rings is 1. The lowest BCUT2D eigenvalue weighted by molar-refractivity contribution is -0.118. The lowest BCUT2D eigenvalue weighted by Crippen LogP contribution is -2.26. The number of unbranched alkanes of at least 4 members (excludes halogenated alkanes) is 1. The molecule has 0 aliphatic rings. The van der Waals surface area contributed by atoms with E-state index in [9.17, 15) is 24.3 Å². The first-order chi connectivity index (χ1) is 20.6. The van der Waals surface area contributed by atoms with Crippen molar-refractivity contribution in [3.05, 3.63) is 53.3 Å². The molecular weight excluding hydrogens is 597 g/mol. The molecule has 0 radical (unpaired) electrons. The molecule has 2 aromatic heterocycles. The van der Waals surface area contributed by atoms with E-state index in [0.29, 0.717) is 55.0 Å². The van der Waals surface area contributed by atoms with Gasteiger partial charge in [-0.1, -0.05) is 19.4 Å². The van der Waals surface area contributed by atoms with Gasteiger partial charge >= 0.3 is 7.82 Å². The number of aromatic hydroxyl groups is 1. The molecule has 0 unspecified atom stereocenters. The number of aryl methyl sites for hydroxylation is 2. The Balaban J connectivity index is 1.61. The highest BCUT2D eigenvalue weighted by molar-refractivity contribution is 7.46. The Hall–Kier alpha value is -3.41. The van der Waals surface area contributed by atoms with Gasteiger partial charge in [0.05, 0.1) is 17.6 Å². The highest BCUT2D eigenvalue weighted by atomic mass is 35.5. The number of phenols is 1. The molecule has 43 heavy (non-hydrogen) atoms. The number of hydrogen-bond acceptors (Lipinski definition) is 8. The van der Waals surface area contributed by atoms with Gasteiger partial charge in [-0.3, -0.25) is 14.6 Å². The number of nitrogens with zero attached hydrogens (tertiary/aromatic N) is 3. The minimum Gasteiger partial charge on any atom is -0.508 e. The molecule has 0 bridgehead atoms. The van der Waals surface area contributed by atoms with Crippen molar-refractivity contribution in [2.24, 2.45) is 0 Å². The monoisotopic (exact) mass is 633 g/mol. The summed E-state index contributed by atoms with van der Waals surface area (Å²) in [7, 11) is -4.78. The van der Waals surface area contributed by atoms with Crippen LogP contribution in [0.2, 0.25) is 0 Å². The largest absolute Gasteiger partial charge is 0.524 e. The second-order valence-electron chi connectivity index (χ2n) is 10.2. The van der Waals surface area contributed by atoms with Crippen molar-refractivity contribution in [3.8, 4) is 11.5 Å². The average Bonchev–Trinajstić information content (AvgIpc) is 3.33. The van der Waals surface area contributed by atoms with E-state index in [1.807, 2.05) is 16.7 Å². The van der Waals surface area contributed by atoms with Crippen LogP contribution in [0.3, 0.4) is 0 Å². The Kier molecular flexibility index (Phi) is 11.2. The minimum absolute atomic E-state index is 0.0465. The number of alkyl halides is 1. The number of nitrogens with two attached hydrogens (primary N) is 1. The topological polar surface area (TPSA) is 182 Å². The minimum atomic E-state index is -4.78. The number of halogens is 1. The fraction of sp³-hybridized carbons (Fsp3) is 0.414. The first-order valence-corrected chi connectivity index (χ1v) is 16.2. The van der Waals surface area contributed by atoms with Crippen LogP contribution in [-0.4, -0.2) is 61.0 Å². The van der Waals surface area contributed by atoms with Crippen molar-refractivity contribution < 1.29 is 33.5 Å². The molecular formula is C29H37ClN5O7P. The van der Waals surface area contributed by atoms with Gasteiger partial charge in [0.15, 0.2) is 5.82 Å². The smallest absolute Gasteiger partial charge is 0.508 e. The number of phosphoric acid groups is 1. The maximum atomic E-state index is 11.4. The predicted octanol–water partition coefficient (Wildman–Crippen LogP) is 4.43. The van der Waals surface area contributed by atoms with Crippen LogP contribution in [-0.2, 0) is 33.5 Å². The van der Waals surface area contributed by atoms with E-state index < -0.39 is 7.82 Å². The van der Waals surface area contributed by atoms with Crippen LogP contribution < -0.4 is 15.6 Å². The molecule has 4 aromatic rings. The van der Waals surface area contributed by atoms with Crippen LogP contribution in [0, 0.1) is 0 Å². The second kappa shape index (κ2) is 14.9. The molecule has 1 amide bonds. The molecule has 0 aliphatic heterocycles. The van der Waals surface area contributed by atoms with E-state index in [2.05, 4.69) is 23.3 Å². The van der Waals surface area contributed by atoms with Gasteiger partial charge in [-0.25, -0.2) is 14.5 Å². The van der Waals surface area contributed by atoms with E-state index in [-0.39, 0.29) is 29.8 Å². The second-order valence-corrected chi connectivity index (χ2v) is 11.6. The maximum absolute atomic E-state index is 11.4. The van der Waals surface area contributed by atoms with Gasteiger partial charge in [0.25, 0.3) is 0 Å². The van der Waals surface area contributed by atoms with E-state index in [1.54, 1.807) is 0 Å². The van der Waals surface area contributed by atoms with E-state index in [4.69, 9.17) is 31.6 Å². The quantitative estimate of drug-likeness (QED) is 0.0672. The van der Waals surface area contributed by atoms with Crippen molar-refractivity contribution in [1.82, 2.24) is 19.9 Å². The van der Waals surface area contributed by atoms with Crippen LogP contribution >= 0.6 is 19.4 Å². The van der Waals surface area contributed by atoms with Crippen LogP contribution in [0.25, 0.3) is 21.9 Å². The molecule has 0 atom stereocenters. The number of carbonyl (C=O) groups excluding carboxylic acids is 1.